The molecule has 154 valence electrons. The molecule has 2 atom stereocenters. The van der Waals surface area contributed by atoms with E-state index in [2.05, 4.69) is 10.2 Å². The standard InChI is InChI=1S/C21H24FN3O4/c1-29-20-17-13(19(26)14(21(27)28)10-25(17)12-4-5-12)7-15(22)18(20)24-6-2-3-11-8-23-9-16(11)24/h7,10-12,16,23H,2-6,8-9H2,1H3,(H,27,28)/t11-,16+/m1/s1. The molecular weight excluding hydrogens is 377 g/mol. The third kappa shape index (κ3) is 2.80. The van der Waals surface area contributed by atoms with Gasteiger partial charge in [-0.15, -0.1) is 0 Å². The summed E-state index contributed by atoms with van der Waals surface area (Å²) < 4.78 is 22.9. The predicted molar refractivity (Wildman–Crippen MR) is 107 cm³/mol. The summed E-state index contributed by atoms with van der Waals surface area (Å²) in [5, 5.41) is 12.9. The first-order chi connectivity index (χ1) is 14.0. The highest BCUT2D eigenvalue weighted by atomic mass is 19.1. The zero-order valence-corrected chi connectivity index (χ0v) is 16.3. The van der Waals surface area contributed by atoms with Crippen molar-refractivity contribution in [1.29, 1.82) is 0 Å². The number of hydrogen-bond donors (Lipinski definition) is 2. The number of anilines is 1. The van der Waals surface area contributed by atoms with Crippen LogP contribution in [-0.4, -0.2) is 48.4 Å². The Morgan fingerprint density at radius 3 is 2.79 bits per heavy atom. The van der Waals surface area contributed by atoms with E-state index in [0.29, 0.717) is 22.9 Å². The van der Waals surface area contributed by atoms with E-state index in [0.717, 1.165) is 45.3 Å². The van der Waals surface area contributed by atoms with E-state index in [1.807, 2.05) is 0 Å². The molecule has 5 rings (SSSR count). The molecule has 1 saturated carbocycles. The molecule has 1 aromatic heterocycles. The largest absolute Gasteiger partial charge is 0.492 e. The molecule has 0 amide bonds. The minimum atomic E-state index is -1.30. The average molecular weight is 401 g/mol. The molecule has 7 nitrogen and oxygen atoms in total. The molecule has 2 aliphatic heterocycles. The van der Waals surface area contributed by atoms with Gasteiger partial charge in [0.2, 0.25) is 5.43 Å². The molecule has 2 aromatic rings. The van der Waals surface area contributed by atoms with Crippen LogP contribution in [0.3, 0.4) is 0 Å². The molecule has 3 heterocycles. The van der Waals surface area contributed by atoms with Crippen molar-refractivity contribution in [2.75, 3.05) is 31.6 Å². The number of hydrogen-bond acceptors (Lipinski definition) is 5. The van der Waals surface area contributed by atoms with Crippen LogP contribution in [0.15, 0.2) is 17.1 Å². The zero-order chi connectivity index (χ0) is 20.3. The number of pyridine rings is 1. The summed E-state index contributed by atoms with van der Waals surface area (Å²) in [5.41, 5.74) is -0.131. The lowest BCUT2D eigenvalue weighted by molar-refractivity contribution is 0.0695. The Bertz CT molecular complexity index is 1060. The van der Waals surface area contributed by atoms with Crippen molar-refractivity contribution < 1.29 is 19.0 Å². The molecule has 0 spiro atoms. The first-order valence-electron chi connectivity index (χ1n) is 10.2. The van der Waals surface area contributed by atoms with Crippen LogP contribution in [0.25, 0.3) is 10.9 Å². The summed E-state index contributed by atoms with van der Waals surface area (Å²) in [7, 11) is 1.48. The van der Waals surface area contributed by atoms with Crippen LogP contribution in [0, 0.1) is 11.7 Å². The lowest BCUT2D eigenvalue weighted by Crippen LogP contribution is -2.45. The monoisotopic (exact) mass is 401 g/mol. The molecule has 0 radical (unpaired) electrons. The number of carbonyl (C=O) groups is 1. The van der Waals surface area contributed by atoms with Gasteiger partial charge in [-0.25, -0.2) is 9.18 Å². The molecule has 1 aliphatic carbocycles. The van der Waals surface area contributed by atoms with Crippen LogP contribution in [0.4, 0.5) is 10.1 Å². The topological polar surface area (TPSA) is 83.8 Å². The van der Waals surface area contributed by atoms with E-state index in [9.17, 15) is 14.7 Å². The Morgan fingerprint density at radius 1 is 1.31 bits per heavy atom. The Kier molecular flexibility index (Phi) is 4.27. The van der Waals surface area contributed by atoms with Crippen molar-refractivity contribution >= 4 is 22.6 Å². The highest BCUT2D eigenvalue weighted by Gasteiger charge is 2.39. The molecule has 2 saturated heterocycles. The van der Waals surface area contributed by atoms with Crippen molar-refractivity contribution in [2.45, 2.75) is 37.8 Å². The minimum absolute atomic E-state index is 0.0630. The first kappa shape index (κ1) is 18.4. The third-order valence-electron chi connectivity index (χ3n) is 6.54. The molecular formula is C21H24FN3O4. The number of benzene rings is 1. The van der Waals surface area contributed by atoms with Gasteiger partial charge in [0.05, 0.1) is 18.0 Å². The summed E-state index contributed by atoms with van der Waals surface area (Å²) in [6.45, 7) is 2.44. The molecule has 0 bridgehead atoms. The SMILES string of the molecule is COc1c(N2CCC[C@@H]3CNC[C@@H]32)c(F)cc2c(=O)c(C(=O)O)cn(C3CC3)c12. The van der Waals surface area contributed by atoms with E-state index < -0.39 is 17.2 Å². The maximum atomic E-state index is 15.4. The molecule has 0 unspecified atom stereocenters. The van der Waals surface area contributed by atoms with E-state index in [1.54, 1.807) is 4.57 Å². The van der Waals surface area contributed by atoms with Crippen molar-refractivity contribution in [3.63, 3.8) is 0 Å². The Morgan fingerprint density at radius 2 is 2.10 bits per heavy atom. The summed E-state index contributed by atoms with van der Waals surface area (Å²) in [5.74, 6) is -1.05. The number of ether oxygens (including phenoxy) is 1. The lowest BCUT2D eigenvalue weighted by Gasteiger charge is -2.39. The van der Waals surface area contributed by atoms with Crippen LogP contribution in [0.1, 0.15) is 42.1 Å². The highest BCUT2D eigenvalue weighted by Crippen LogP contribution is 2.45. The van der Waals surface area contributed by atoms with E-state index in [4.69, 9.17) is 4.74 Å². The normalized spacial score (nSPS) is 24.0. The Balaban J connectivity index is 1.79. The van der Waals surface area contributed by atoms with Crippen molar-refractivity contribution in [2.24, 2.45) is 5.92 Å². The van der Waals surface area contributed by atoms with Gasteiger partial charge < -0.3 is 24.6 Å². The molecule has 29 heavy (non-hydrogen) atoms. The summed E-state index contributed by atoms with van der Waals surface area (Å²) in [6.07, 6.45) is 5.26. The molecule has 2 N–H and O–H groups in total. The van der Waals surface area contributed by atoms with Crippen LogP contribution in [0.2, 0.25) is 0 Å². The minimum Gasteiger partial charge on any atom is -0.492 e. The second-order valence-corrected chi connectivity index (χ2v) is 8.27. The molecule has 3 fully saturated rings. The number of methoxy groups -OCH3 is 1. The number of nitrogens with one attached hydrogen (secondary N) is 1. The van der Waals surface area contributed by atoms with Gasteiger partial charge in [0, 0.05) is 37.9 Å². The fourth-order valence-corrected chi connectivity index (χ4v) is 5.04. The number of aromatic nitrogens is 1. The quantitative estimate of drug-likeness (QED) is 0.819. The van der Waals surface area contributed by atoms with Gasteiger partial charge in [0.25, 0.3) is 0 Å². The fourth-order valence-electron chi connectivity index (χ4n) is 5.04. The third-order valence-corrected chi connectivity index (χ3v) is 6.54. The fraction of sp³-hybridized carbons (Fsp3) is 0.524. The summed E-state index contributed by atoms with van der Waals surface area (Å²) in [6, 6.07) is 1.49. The van der Waals surface area contributed by atoms with Crippen LogP contribution < -0.4 is 20.4 Å². The van der Waals surface area contributed by atoms with Gasteiger partial charge in [0.15, 0.2) is 11.6 Å². The first-order valence-corrected chi connectivity index (χ1v) is 10.2. The number of fused-ring (bicyclic) bond motifs is 2. The van der Waals surface area contributed by atoms with Gasteiger partial charge in [0.1, 0.15) is 11.3 Å². The number of aromatic carboxylic acids is 1. The van der Waals surface area contributed by atoms with Crippen molar-refractivity contribution in [3.05, 3.63) is 33.9 Å². The van der Waals surface area contributed by atoms with Crippen LogP contribution in [0.5, 0.6) is 5.75 Å². The zero-order valence-electron chi connectivity index (χ0n) is 16.3. The van der Waals surface area contributed by atoms with Gasteiger partial charge >= 0.3 is 5.97 Å². The lowest BCUT2D eigenvalue weighted by atomic mass is 9.91. The number of piperidine rings is 1. The van der Waals surface area contributed by atoms with E-state index in [-0.39, 0.29) is 23.0 Å². The van der Waals surface area contributed by atoms with E-state index >= 15 is 4.39 Å². The van der Waals surface area contributed by atoms with Gasteiger partial charge in [-0.05, 0) is 37.7 Å². The second kappa shape index (κ2) is 6.73. The Labute approximate surface area is 167 Å². The Hall–Kier alpha value is -2.61. The molecule has 3 aliphatic rings. The number of nitrogens with zero attached hydrogens (tertiary/aromatic N) is 2. The smallest absolute Gasteiger partial charge is 0.341 e. The van der Waals surface area contributed by atoms with Crippen molar-refractivity contribution in [3.8, 4) is 5.75 Å². The van der Waals surface area contributed by atoms with E-state index in [1.165, 1.54) is 19.4 Å². The van der Waals surface area contributed by atoms with Gasteiger partial charge in [-0.3, -0.25) is 4.79 Å². The van der Waals surface area contributed by atoms with Crippen molar-refractivity contribution in [1.82, 2.24) is 9.88 Å². The maximum absolute atomic E-state index is 15.4. The average Bonchev–Trinajstić information content (AvgIpc) is 3.43. The van der Waals surface area contributed by atoms with Crippen LogP contribution in [-0.2, 0) is 0 Å². The molecule has 1 aromatic carbocycles. The van der Waals surface area contributed by atoms with Gasteiger partial charge in [-0.1, -0.05) is 0 Å². The molecule has 8 heteroatoms. The second-order valence-electron chi connectivity index (χ2n) is 8.27. The maximum Gasteiger partial charge on any atom is 0.341 e. The van der Waals surface area contributed by atoms with Gasteiger partial charge in [-0.2, -0.15) is 0 Å². The highest BCUT2D eigenvalue weighted by molar-refractivity contribution is 5.97. The summed E-state index contributed by atoms with van der Waals surface area (Å²) >= 11 is 0. The number of carboxylic acid groups (broad SMARTS) is 1. The predicted octanol–water partition coefficient (Wildman–Crippen LogP) is 2.37. The van der Waals surface area contributed by atoms with Crippen LogP contribution >= 0.6 is 0 Å². The number of rotatable bonds is 4. The number of halogens is 1. The summed E-state index contributed by atoms with van der Waals surface area (Å²) in [4.78, 5) is 26.5. The number of carboxylic acids is 1.